The molecule has 0 N–H and O–H groups in total. The van der Waals surface area contributed by atoms with Gasteiger partial charge in [-0.15, -0.1) is 0 Å². The lowest BCUT2D eigenvalue weighted by Crippen LogP contribution is -2.15. The number of ether oxygens (including phenoxy) is 1. The molecule has 2 atom stereocenters. The first-order valence-electron chi connectivity index (χ1n) is 13.8. The summed E-state index contributed by atoms with van der Waals surface area (Å²) in [6.45, 7) is 0. The first kappa shape index (κ1) is 26.6. The van der Waals surface area contributed by atoms with Gasteiger partial charge in [-0.3, -0.25) is 0 Å². The fourth-order valence-electron chi connectivity index (χ4n) is 7.02. The normalized spacial score (nSPS) is 19.1. The van der Waals surface area contributed by atoms with Crippen LogP contribution in [0.4, 0.5) is 0 Å². The van der Waals surface area contributed by atoms with E-state index in [2.05, 4.69) is 149 Å². The van der Waals surface area contributed by atoms with Gasteiger partial charge in [-0.2, -0.15) is 0 Å². The molecule has 0 fully saturated rings. The van der Waals surface area contributed by atoms with Crippen LogP contribution in [0.5, 0.6) is 0 Å². The maximum Gasteiger partial charge on any atom is 0.106 e. The lowest BCUT2D eigenvalue weighted by molar-refractivity contribution is 0.0781. The minimum Gasteiger partial charge on any atom is -0.357 e. The molecule has 41 heavy (non-hydrogen) atoms. The largest absolute Gasteiger partial charge is 0.357 e. The van der Waals surface area contributed by atoms with E-state index in [0.717, 1.165) is 25.7 Å². The maximum atomic E-state index is 6.30. The van der Waals surface area contributed by atoms with Crippen molar-refractivity contribution in [3.8, 4) is 0 Å². The highest BCUT2D eigenvalue weighted by Gasteiger charge is 2.45. The minimum absolute atomic E-state index is 0.181. The lowest BCUT2D eigenvalue weighted by Gasteiger charge is -2.27. The zero-order chi connectivity index (χ0) is 27.8. The van der Waals surface area contributed by atoms with Gasteiger partial charge in [0.25, 0.3) is 0 Å². The van der Waals surface area contributed by atoms with Crippen LogP contribution in [0.15, 0.2) is 114 Å². The van der Waals surface area contributed by atoms with Gasteiger partial charge in [-0.25, -0.2) is 0 Å². The highest BCUT2D eigenvalue weighted by atomic mass is 79.9. The monoisotopic (exact) mass is 788 g/mol. The van der Waals surface area contributed by atoms with E-state index >= 15 is 0 Å². The predicted molar refractivity (Wildman–Crippen MR) is 181 cm³/mol. The van der Waals surface area contributed by atoms with E-state index in [4.69, 9.17) is 4.74 Å². The second-order valence-corrected chi connectivity index (χ2v) is 14.6. The van der Waals surface area contributed by atoms with Crippen LogP contribution in [-0.2, 0) is 30.4 Å². The maximum absolute atomic E-state index is 6.30. The summed E-state index contributed by atoms with van der Waals surface area (Å²) in [7, 11) is 0. The third kappa shape index (κ3) is 4.38. The number of rotatable bonds is 0. The molecule has 1 nitrogen and oxygen atoms in total. The van der Waals surface area contributed by atoms with Gasteiger partial charge >= 0.3 is 0 Å². The Morgan fingerprint density at radius 1 is 0.463 bits per heavy atom. The third-order valence-corrected chi connectivity index (χ3v) is 12.0. The van der Waals surface area contributed by atoms with Crippen molar-refractivity contribution in [3.05, 3.63) is 158 Å². The summed E-state index contributed by atoms with van der Waals surface area (Å²) in [5, 5.41) is 2.67. The van der Waals surface area contributed by atoms with Crippen molar-refractivity contribution in [1.29, 1.82) is 0 Å². The second kappa shape index (κ2) is 10.3. The predicted octanol–water partition coefficient (Wildman–Crippen LogP) is 11.3. The smallest absolute Gasteiger partial charge is 0.106 e. The van der Waals surface area contributed by atoms with Crippen LogP contribution < -0.4 is 0 Å². The molecule has 2 aliphatic carbocycles. The summed E-state index contributed by atoms with van der Waals surface area (Å²) in [5.41, 5.74) is 14.3. The Morgan fingerprint density at radius 3 is 1.24 bits per heavy atom. The molecule has 0 radical (unpaired) electrons. The van der Waals surface area contributed by atoms with Gasteiger partial charge in [-0.05, 0) is 116 Å². The summed E-state index contributed by atoms with van der Waals surface area (Å²) in [6.07, 6.45) is 4.38. The molecule has 5 heteroatoms. The van der Waals surface area contributed by atoms with Crippen molar-refractivity contribution in [2.45, 2.75) is 37.9 Å². The fourth-order valence-corrected chi connectivity index (χ4v) is 9.07. The van der Waals surface area contributed by atoms with E-state index in [1.54, 1.807) is 0 Å². The van der Waals surface area contributed by atoms with Crippen molar-refractivity contribution in [2.75, 3.05) is 0 Å². The van der Waals surface area contributed by atoms with Gasteiger partial charge < -0.3 is 4.74 Å². The van der Waals surface area contributed by atoms with Crippen molar-refractivity contribution in [2.24, 2.45) is 0 Å². The zero-order valence-electron chi connectivity index (χ0n) is 22.0. The SMILES string of the molecule is Brc1ccc(Br)c2c1CC1=C(C2)C2OC1c1ccccc12.Brc1ccc(Br)c2c1Cc1cc3ccccc3cc1C2. The number of hydrogen-bond acceptors (Lipinski definition) is 1. The molecule has 4 aliphatic rings. The van der Waals surface area contributed by atoms with Crippen LogP contribution in [0, 0.1) is 0 Å². The average molecular weight is 792 g/mol. The van der Waals surface area contributed by atoms with Crippen molar-refractivity contribution in [1.82, 2.24) is 0 Å². The second-order valence-electron chi connectivity index (χ2n) is 11.2. The van der Waals surface area contributed by atoms with Crippen LogP contribution >= 0.6 is 63.7 Å². The molecule has 202 valence electrons. The van der Waals surface area contributed by atoms with Crippen molar-refractivity contribution in [3.63, 3.8) is 0 Å². The van der Waals surface area contributed by atoms with Crippen LogP contribution in [-0.4, -0.2) is 0 Å². The van der Waals surface area contributed by atoms with Gasteiger partial charge in [-0.1, -0.05) is 124 Å². The third-order valence-electron chi connectivity index (χ3n) is 9.05. The van der Waals surface area contributed by atoms with Gasteiger partial charge in [0.2, 0.25) is 0 Å². The Labute approximate surface area is 273 Å². The molecule has 2 heterocycles. The Balaban J connectivity index is 0.000000125. The highest BCUT2D eigenvalue weighted by molar-refractivity contribution is 9.11. The number of fused-ring (bicyclic) bond motifs is 11. The van der Waals surface area contributed by atoms with E-state index in [9.17, 15) is 0 Å². The molecule has 2 unspecified atom stereocenters. The van der Waals surface area contributed by atoms with Gasteiger partial charge in [0.15, 0.2) is 0 Å². The van der Waals surface area contributed by atoms with E-state index in [1.807, 2.05) is 0 Å². The minimum atomic E-state index is 0.181. The Hall–Kier alpha value is -2.02. The lowest BCUT2D eigenvalue weighted by atomic mass is 9.77. The number of halogens is 4. The molecular weight excluding hydrogens is 768 g/mol. The van der Waals surface area contributed by atoms with E-state index in [0.29, 0.717) is 0 Å². The van der Waals surface area contributed by atoms with Crippen LogP contribution in [0.2, 0.25) is 0 Å². The Kier molecular flexibility index (Phi) is 6.69. The summed E-state index contributed by atoms with van der Waals surface area (Å²) < 4.78 is 11.2. The molecule has 0 aromatic heterocycles. The molecule has 0 amide bonds. The first-order chi connectivity index (χ1) is 20.0. The zero-order valence-corrected chi connectivity index (χ0v) is 28.3. The Bertz CT molecular complexity index is 1800. The number of hydrogen-bond donors (Lipinski definition) is 0. The standard InChI is InChI=1S/C18H12Br2O.C18H12Br2/c19-15-5-6-16(20)12-8-14-13(7-11(12)15)17-9-3-1-2-4-10(9)18(14)21-17;19-17-5-6-18(20)16-10-14-8-12-4-2-1-3-11(12)7-13(14)9-15(16)17/h1-6,17-18H,7-8H2;1-8H,9-10H2. The summed E-state index contributed by atoms with van der Waals surface area (Å²) in [6, 6.07) is 30.5. The quantitative estimate of drug-likeness (QED) is 0.139. The fraction of sp³-hybridized carbons (Fsp3) is 0.167. The van der Waals surface area contributed by atoms with Crippen LogP contribution in [0.1, 0.15) is 56.7 Å². The Morgan fingerprint density at radius 2 is 0.829 bits per heavy atom. The molecule has 2 bridgehead atoms. The molecule has 5 aromatic carbocycles. The van der Waals surface area contributed by atoms with E-state index in [1.165, 1.54) is 84.3 Å². The summed E-state index contributed by atoms with van der Waals surface area (Å²) >= 11 is 14.8. The summed E-state index contributed by atoms with van der Waals surface area (Å²) in [4.78, 5) is 0. The van der Waals surface area contributed by atoms with Gasteiger partial charge in [0.05, 0.1) is 0 Å². The molecule has 2 aliphatic heterocycles. The first-order valence-corrected chi connectivity index (χ1v) is 17.0. The van der Waals surface area contributed by atoms with Gasteiger partial charge in [0.1, 0.15) is 12.2 Å². The molecule has 5 aromatic rings. The molecule has 0 spiro atoms. The molecule has 0 saturated heterocycles. The molecule has 0 saturated carbocycles. The summed E-state index contributed by atoms with van der Waals surface area (Å²) in [5.74, 6) is 0. The average Bonchev–Trinajstić information content (AvgIpc) is 3.56. The van der Waals surface area contributed by atoms with E-state index < -0.39 is 0 Å². The van der Waals surface area contributed by atoms with E-state index in [-0.39, 0.29) is 12.2 Å². The van der Waals surface area contributed by atoms with Crippen molar-refractivity contribution >= 4 is 74.5 Å². The van der Waals surface area contributed by atoms with Crippen LogP contribution in [0.25, 0.3) is 10.8 Å². The number of benzene rings is 5. The van der Waals surface area contributed by atoms with Gasteiger partial charge in [0, 0.05) is 17.9 Å². The van der Waals surface area contributed by atoms with Crippen LogP contribution in [0.3, 0.4) is 0 Å². The van der Waals surface area contributed by atoms with Crippen molar-refractivity contribution < 1.29 is 4.74 Å². The topological polar surface area (TPSA) is 9.23 Å². The molecular formula is C36H24Br4O. The highest BCUT2D eigenvalue weighted by Crippen LogP contribution is 2.57. The molecule has 9 rings (SSSR count).